The summed E-state index contributed by atoms with van der Waals surface area (Å²) >= 11 is 0. The molecular weight excluding hydrogens is 266 g/mol. The minimum Gasteiger partial charge on any atom is -0.349 e. The summed E-state index contributed by atoms with van der Waals surface area (Å²) in [5, 5.41) is 9.20. The van der Waals surface area contributed by atoms with E-state index in [1.807, 2.05) is 18.7 Å². The zero-order valence-corrected chi connectivity index (χ0v) is 13.0. The third kappa shape index (κ3) is 3.24. The molecule has 0 radical (unpaired) electrons. The highest BCUT2D eigenvalue weighted by Gasteiger charge is 2.30. The molecule has 0 aromatic carbocycles. The molecule has 0 aliphatic carbocycles. The van der Waals surface area contributed by atoms with Crippen LogP contribution in [0.25, 0.3) is 0 Å². The van der Waals surface area contributed by atoms with Gasteiger partial charge in [0.1, 0.15) is 5.54 Å². The molecule has 1 saturated heterocycles. The van der Waals surface area contributed by atoms with Gasteiger partial charge in [-0.2, -0.15) is 5.26 Å². The molecular formula is C15H23N5O. The second-order valence-electron chi connectivity index (χ2n) is 5.89. The maximum Gasteiger partial charge on any atom is 0.293 e. The third-order valence-electron chi connectivity index (χ3n) is 4.00. The first-order valence-corrected chi connectivity index (χ1v) is 7.46. The van der Waals surface area contributed by atoms with Crippen LogP contribution in [0, 0.1) is 11.3 Å². The molecule has 6 heteroatoms. The molecule has 0 unspecified atom stereocenters. The number of aromatic nitrogens is 2. The Hall–Kier alpha value is -1.87. The van der Waals surface area contributed by atoms with E-state index in [2.05, 4.69) is 22.9 Å². The molecule has 6 nitrogen and oxygen atoms in total. The lowest BCUT2D eigenvalue weighted by Crippen LogP contribution is -2.55. The van der Waals surface area contributed by atoms with Crippen molar-refractivity contribution in [2.24, 2.45) is 0 Å². The van der Waals surface area contributed by atoms with Gasteiger partial charge in [-0.1, -0.05) is 6.92 Å². The molecule has 0 bridgehead atoms. The van der Waals surface area contributed by atoms with E-state index in [1.165, 1.54) is 0 Å². The van der Waals surface area contributed by atoms with Crippen LogP contribution in [0.2, 0.25) is 0 Å². The molecule has 1 fully saturated rings. The second kappa shape index (κ2) is 6.27. The van der Waals surface area contributed by atoms with E-state index in [4.69, 9.17) is 0 Å². The van der Waals surface area contributed by atoms with Gasteiger partial charge < -0.3 is 9.47 Å². The third-order valence-corrected chi connectivity index (χ3v) is 4.00. The number of aryl methyl sites for hydroxylation is 1. The molecule has 0 amide bonds. The summed E-state index contributed by atoms with van der Waals surface area (Å²) in [4.78, 5) is 20.8. The van der Waals surface area contributed by atoms with Crippen molar-refractivity contribution in [3.05, 3.63) is 22.7 Å². The Bertz CT molecular complexity index is 578. The molecule has 2 rings (SSSR count). The highest BCUT2D eigenvalue weighted by molar-refractivity contribution is 5.36. The Balaban J connectivity index is 2.12. The van der Waals surface area contributed by atoms with Crippen molar-refractivity contribution in [2.75, 3.05) is 31.1 Å². The van der Waals surface area contributed by atoms with Crippen molar-refractivity contribution < 1.29 is 0 Å². The van der Waals surface area contributed by atoms with E-state index >= 15 is 0 Å². The monoisotopic (exact) mass is 289 g/mol. The van der Waals surface area contributed by atoms with Gasteiger partial charge in [-0.15, -0.1) is 0 Å². The molecule has 114 valence electrons. The SMILES string of the molecule is CCCn1ccnc(N2CCN(C(C)(C)C#N)CC2)c1=O. The lowest BCUT2D eigenvalue weighted by atomic mass is 10.0. The lowest BCUT2D eigenvalue weighted by Gasteiger charge is -2.40. The Labute approximate surface area is 125 Å². The average molecular weight is 289 g/mol. The van der Waals surface area contributed by atoms with Gasteiger partial charge in [-0.3, -0.25) is 9.69 Å². The number of piperazine rings is 1. The van der Waals surface area contributed by atoms with Gasteiger partial charge >= 0.3 is 0 Å². The summed E-state index contributed by atoms with van der Waals surface area (Å²) in [7, 11) is 0. The molecule has 21 heavy (non-hydrogen) atoms. The van der Waals surface area contributed by atoms with Crippen LogP contribution < -0.4 is 10.5 Å². The molecule has 0 spiro atoms. The Morgan fingerprint density at radius 2 is 2.00 bits per heavy atom. The zero-order chi connectivity index (χ0) is 15.5. The van der Waals surface area contributed by atoms with Crippen molar-refractivity contribution in [3.8, 4) is 6.07 Å². The van der Waals surface area contributed by atoms with Crippen LogP contribution in [0.5, 0.6) is 0 Å². The van der Waals surface area contributed by atoms with E-state index in [0.717, 1.165) is 39.1 Å². The summed E-state index contributed by atoms with van der Waals surface area (Å²) in [5.41, 5.74) is -0.481. The normalized spacial score (nSPS) is 16.8. The van der Waals surface area contributed by atoms with E-state index in [9.17, 15) is 10.1 Å². The van der Waals surface area contributed by atoms with Crippen LogP contribution in [-0.2, 0) is 6.54 Å². The van der Waals surface area contributed by atoms with Gasteiger partial charge in [0.15, 0.2) is 5.82 Å². The van der Waals surface area contributed by atoms with E-state index in [1.54, 1.807) is 17.0 Å². The predicted molar refractivity (Wildman–Crippen MR) is 82.3 cm³/mol. The highest BCUT2D eigenvalue weighted by Crippen LogP contribution is 2.17. The molecule has 1 aromatic heterocycles. The van der Waals surface area contributed by atoms with Crippen LogP contribution in [0.4, 0.5) is 5.82 Å². The zero-order valence-electron chi connectivity index (χ0n) is 13.0. The maximum atomic E-state index is 12.4. The number of nitrogens with zero attached hydrogens (tertiary/aromatic N) is 5. The minimum atomic E-state index is -0.460. The molecule has 0 saturated carbocycles. The fourth-order valence-electron chi connectivity index (χ4n) is 2.62. The van der Waals surface area contributed by atoms with Crippen LogP contribution in [0.15, 0.2) is 17.2 Å². The fraction of sp³-hybridized carbons (Fsp3) is 0.667. The number of rotatable bonds is 4. The van der Waals surface area contributed by atoms with Crippen LogP contribution in [0.1, 0.15) is 27.2 Å². The van der Waals surface area contributed by atoms with Crippen molar-refractivity contribution in [3.63, 3.8) is 0 Å². The molecule has 1 aliphatic heterocycles. The van der Waals surface area contributed by atoms with Gasteiger partial charge in [0.2, 0.25) is 0 Å². The van der Waals surface area contributed by atoms with Crippen molar-refractivity contribution in [2.45, 2.75) is 39.3 Å². The molecule has 1 aliphatic rings. The van der Waals surface area contributed by atoms with E-state index in [-0.39, 0.29) is 5.56 Å². The average Bonchev–Trinajstić information content (AvgIpc) is 2.50. The van der Waals surface area contributed by atoms with Gasteiger partial charge in [-0.05, 0) is 20.3 Å². The first-order chi connectivity index (χ1) is 9.99. The number of nitriles is 1. The Kier molecular flexibility index (Phi) is 4.63. The van der Waals surface area contributed by atoms with Crippen molar-refractivity contribution in [1.82, 2.24) is 14.5 Å². The highest BCUT2D eigenvalue weighted by atomic mass is 16.1. The first kappa shape index (κ1) is 15.5. The second-order valence-corrected chi connectivity index (χ2v) is 5.89. The Morgan fingerprint density at radius 1 is 1.33 bits per heavy atom. The van der Waals surface area contributed by atoms with Crippen LogP contribution in [0.3, 0.4) is 0 Å². The van der Waals surface area contributed by atoms with Gasteiger partial charge in [0.05, 0.1) is 6.07 Å². The summed E-state index contributed by atoms with van der Waals surface area (Å²) < 4.78 is 1.72. The Morgan fingerprint density at radius 3 is 2.57 bits per heavy atom. The fourth-order valence-corrected chi connectivity index (χ4v) is 2.62. The van der Waals surface area contributed by atoms with Crippen molar-refractivity contribution >= 4 is 5.82 Å². The molecule has 2 heterocycles. The topological polar surface area (TPSA) is 65.2 Å². The molecule has 0 N–H and O–H groups in total. The van der Waals surface area contributed by atoms with Crippen LogP contribution >= 0.6 is 0 Å². The van der Waals surface area contributed by atoms with Crippen LogP contribution in [-0.4, -0.2) is 46.2 Å². The number of hydrogen-bond donors (Lipinski definition) is 0. The largest absolute Gasteiger partial charge is 0.349 e. The summed E-state index contributed by atoms with van der Waals surface area (Å²) in [6, 6.07) is 2.33. The molecule has 1 aromatic rings. The van der Waals surface area contributed by atoms with E-state index < -0.39 is 5.54 Å². The number of anilines is 1. The predicted octanol–water partition coefficient (Wildman–Crippen LogP) is 1.08. The molecule has 0 atom stereocenters. The van der Waals surface area contributed by atoms with Gasteiger partial charge in [-0.25, -0.2) is 4.98 Å². The summed E-state index contributed by atoms with van der Waals surface area (Å²) in [5.74, 6) is 0.528. The maximum absolute atomic E-state index is 12.4. The van der Waals surface area contributed by atoms with Gasteiger partial charge in [0.25, 0.3) is 5.56 Å². The number of hydrogen-bond acceptors (Lipinski definition) is 5. The quantitative estimate of drug-likeness (QED) is 0.830. The van der Waals surface area contributed by atoms with Gasteiger partial charge in [0, 0.05) is 45.1 Å². The first-order valence-electron chi connectivity index (χ1n) is 7.46. The minimum absolute atomic E-state index is 0.0210. The summed E-state index contributed by atoms with van der Waals surface area (Å²) in [6.07, 6.45) is 4.36. The smallest absolute Gasteiger partial charge is 0.293 e. The lowest BCUT2D eigenvalue weighted by molar-refractivity contribution is 0.157. The summed E-state index contributed by atoms with van der Waals surface area (Å²) in [6.45, 7) is 9.61. The van der Waals surface area contributed by atoms with E-state index in [0.29, 0.717) is 5.82 Å². The van der Waals surface area contributed by atoms with Crippen molar-refractivity contribution in [1.29, 1.82) is 5.26 Å². The standard InChI is InChI=1S/C15H23N5O/c1-4-6-19-7-5-17-13(14(19)21)18-8-10-20(11-9-18)15(2,3)12-16/h5,7H,4,6,8-11H2,1-3H3.